The Morgan fingerprint density at radius 3 is 2.60 bits per heavy atom. The van der Waals surface area contributed by atoms with Gasteiger partial charge in [-0.3, -0.25) is 4.79 Å². The van der Waals surface area contributed by atoms with Crippen LogP contribution in [-0.4, -0.2) is 17.6 Å². The Labute approximate surface area is 115 Å². The van der Waals surface area contributed by atoms with Crippen molar-refractivity contribution < 1.29 is 23.1 Å². The lowest BCUT2D eigenvalue weighted by Gasteiger charge is -2.17. The molecule has 1 aromatic carbocycles. The molecule has 1 unspecified atom stereocenters. The maximum atomic E-state index is 12.8. The predicted octanol–water partition coefficient (Wildman–Crippen LogP) is 3.05. The Morgan fingerprint density at radius 1 is 1.35 bits per heavy atom. The first-order chi connectivity index (χ1) is 9.36. The Bertz CT molecular complexity index is 446. The van der Waals surface area contributed by atoms with Gasteiger partial charge in [0, 0.05) is 13.0 Å². The van der Waals surface area contributed by atoms with Crippen molar-refractivity contribution in [2.24, 2.45) is 0 Å². The third-order valence-corrected chi connectivity index (χ3v) is 2.88. The fourth-order valence-electron chi connectivity index (χ4n) is 1.79. The van der Waals surface area contributed by atoms with Gasteiger partial charge in [-0.1, -0.05) is 31.5 Å². The van der Waals surface area contributed by atoms with Crippen LogP contribution >= 0.6 is 0 Å². The van der Waals surface area contributed by atoms with Crippen molar-refractivity contribution in [3.05, 3.63) is 35.4 Å². The highest BCUT2D eigenvalue weighted by molar-refractivity contribution is 5.75. The summed E-state index contributed by atoms with van der Waals surface area (Å²) in [5, 5.41) is 12.3. The summed E-state index contributed by atoms with van der Waals surface area (Å²) in [7, 11) is 0. The van der Waals surface area contributed by atoms with E-state index in [-0.39, 0.29) is 18.0 Å². The van der Waals surface area contributed by atoms with Crippen LogP contribution in [0.15, 0.2) is 24.3 Å². The van der Waals surface area contributed by atoms with E-state index in [0.717, 1.165) is 12.5 Å². The van der Waals surface area contributed by atoms with Gasteiger partial charge in [0.05, 0.1) is 11.7 Å². The average molecular weight is 289 g/mol. The van der Waals surface area contributed by atoms with Crippen molar-refractivity contribution >= 4 is 5.91 Å². The number of amides is 1. The van der Waals surface area contributed by atoms with E-state index in [1.807, 2.05) is 6.92 Å². The van der Waals surface area contributed by atoms with Crippen molar-refractivity contribution in [1.29, 1.82) is 0 Å². The number of unbranched alkanes of at least 4 members (excludes halogenated alkanes) is 1. The lowest BCUT2D eigenvalue weighted by atomic mass is 10.0. The van der Waals surface area contributed by atoms with Gasteiger partial charge in [0.25, 0.3) is 0 Å². The molecule has 112 valence electrons. The van der Waals surface area contributed by atoms with Gasteiger partial charge in [0.1, 0.15) is 0 Å². The van der Waals surface area contributed by atoms with Gasteiger partial charge >= 0.3 is 6.18 Å². The first-order valence-electron chi connectivity index (χ1n) is 6.47. The zero-order chi connectivity index (χ0) is 15.2. The fourth-order valence-corrected chi connectivity index (χ4v) is 1.79. The van der Waals surface area contributed by atoms with Crippen molar-refractivity contribution in [2.45, 2.75) is 38.5 Å². The number of hydrogen-bond acceptors (Lipinski definition) is 2. The first-order valence-corrected chi connectivity index (χ1v) is 6.47. The second-order valence-electron chi connectivity index (χ2n) is 4.51. The van der Waals surface area contributed by atoms with E-state index in [2.05, 4.69) is 5.32 Å². The van der Waals surface area contributed by atoms with Crippen LogP contribution in [0.4, 0.5) is 13.2 Å². The molecule has 0 fully saturated rings. The minimum atomic E-state index is -4.52. The number of benzene rings is 1. The van der Waals surface area contributed by atoms with Gasteiger partial charge in [0.2, 0.25) is 5.91 Å². The number of hydrogen-bond donors (Lipinski definition) is 2. The maximum absolute atomic E-state index is 12.8. The molecule has 0 heterocycles. The molecule has 1 atom stereocenters. The standard InChI is InChI=1S/C14H18F3NO2/c1-2-3-8-13(20)18-9-12(19)10-6-4-5-7-11(10)14(15,16)17/h4-7,12,19H,2-3,8-9H2,1H3,(H,18,20). The van der Waals surface area contributed by atoms with Gasteiger partial charge < -0.3 is 10.4 Å². The summed E-state index contributed by atoms with van der Waals surface area (Å²) in [6.07, 6.45) is -4.03. The highest BCUT2D eigenvalue weighted by Crippen LogP contribution is 2.34. The lowest BCUT2D eigenvalue weighted by Crippen LogP contribution is -2.29. The number of alkyl halides is 3. The van der Waals surface area contributed by atoms with Crippen LogP contribution in [0.25, 0.3) is 0 Å². The van der Waals surface area contributed by atoms with E-state index in [0.29, 0.717) is 12.8 Å². The maximum Gasteiger partial charge on any atom is 0.416 e. The van der Waals surface area contributed by atoms with Gasteiger partial charge in [-0.15, -0.1) is 0 Å². The molecule has 0 aliphatic carbocycles. The highest BCUT2D eigenvalue weighted by Gasteiger charge is 2.34. The number of carbonyl (C=O) groups is 1. The van der Waals surface area contributed by atoms with Crippen molar-refractivity contribution in [3.8, 4) is 0 Å². The zero-order valence-corrected chi connectivity index (χ0v) is 11.2. The number of halogens is 3. The van der Waals surface area contributed by atoms with Crippen molar-refractivity contribution in [2.75, 3.05) is 6.54 Å². The van der Waals surface area contributed by atoms with Crippen molar-refractivity contribution in [3.63, 3.8) is 0 Å². The normalized spacial score (nSPS) is 13.1. The summed E-state index contributed by atoms with van der Waals surface area (Å²) >= 11 is 0. The van der Waals surface area contributed by atoms with Gasteiger partial charge in [-0.25, -0.2) is 0 Å². The number of carbonyl (C=O) groups excluding carboxylic acids is 1. The fraction of sp³-hybridized carbons (Fsp3) is 0.500. The van der Waals surface area contributed by atoms with Crippen molar-refractivity contribution in [1.82, 2.24) is 5.32 Å². The molecule has 20 heavy (non-hydrogen) atoms. The molecule has 3 nitrogen and oxygen atoms in total. The lowest BCUT2D eigenvalue weighted by molar-refractivity contribution is -0.139. The first kappa shape index (κ1) is 16.5. The van der Waals surface area contributed by atoms with E-state index < -0.39 is 17.8 Å². The number of nitrogens with one attached hydrogen (secondary N) is 1. The molecule has 0 aromatic heterocycles. The van der Waals surface area contributed by atoms with Crippen LogP contribution in [0.1, 0.15) is 43.4 Å². The zero-order valence-electron chi connectivity index (χ0n) is 11.2. The molecule has 0 saturated carbocycles. The van der Waals surface area contributed by atoms with Crippen LogP contribution in [0.2, 0.25) is 0 Å². The molecular formula is C14H18F3NO2. The Kier molecular flexibility index (Phi) is 6.01. The Morgan fingerprint density at radius 2 is 2.00 bits per heavy atom. The molecule has 0 aliphatic heterocycles. The second kappa shape index (κ2) is 7.28. The molecule has 0 bridgehead atoms. The number of aliphatic hydroxyl groups is 1. The third kappa shape index (κ3) is 4.85. The quantitative estimate of drug-likeness (QED) is 0.845. The summed E-state index contributed by atoms with van der Waals surface area (Å²) in [5.41, 5.74) is -1.11. The number of aliphatic hydroxyl groups excluding tert-OH is 1. The van der Waals surface area contributed by atoms with E-state index >= 15 is 0 Å². The van der Waals surface area contributed by atoms with E-state index in [4.69, 9.17) is 0 Å². The van der Waals surface area contributed by atoms with Crippen LogP contribution in [0, 0.1) is 0 Å². The van der Waals surface area contributed by atoms with E-state index in [1.165, 1.54) is 18.2 Å². The number of rotatable bonds is 6. The van der Waals surface area contributed by atoms with E-state index in [9.17, 15) is 23.1 Å². The SMILES string of the molecule is CCCCC(=O)NCC(O)c1ccccc1C(F)(F)F. The summed E-state index contributed by atoms with van der Waals surface area (Å²) < 4.78 is 38.3. The molecule has 2 N–H and O–H groups in total. The average Bonchev–Trinajstić information content (AvgIpc) is 2.41. The smallest absolute Gasteiger partial charge is 0.387 e. The molecule has 1 amide bonds. The molecule has 6 heteroatoms. The largest absolute Gasteiger partial charge is 0.416 e. The molecular weight excluding hydrogens is 271 g/mol. The summed E-state index contributed by atoms with van der Waals surface area (Å²) in [6, 6.07) is 4.81. The molecule has 0 aliphatic rings. The minimum Gasteiger partial charge on any atom is -0.387 e. The van der Waals surface area contributed by atoms with Gasteiger partial charge in [0.15, 0.2) is 0 Å². The van der Waals surface area contributed by atoms with Crippen LogP contribution in [0.5, 0.6) is 0 Å². The topological polar surface area (TPSA) is 49.3 Å². The third-order valence-electron chi connectivity index (χ3n) is 2.88. The predicted molar refractivity (Wildman–Crippen MR) is 68.9 cm³/mol. The van der Waals surface area contributed by atoms with Crippen LogP contribution in [-0.2, 0) is 11.0 Å². The molecule has 1 aromatic rings. The second-order valence-corrected chi connectivity index (χ2v) is 4.51. The van der Waals surface area contributed by atoms with Gasteiger partial charge in [-0.05, 0) is 18.1 Å². The highest BCUT2D eigenvalue weighted by atomic mass is 19.4. The molecule has 0 spiro atoms. The van der Waals surface area contributed by atoms with Crippen LogP contribution < -0.4 is 5.32 Å². The van der Waals surface area contributed by atoms with Gasteiger partial charge in [-0.2, -0.15) is 13.2 Å². The Hall–Kier alpha value is -1.56. The summed E-state index contributed by atoms with van der Waals surface area (Å²) in [4.78, 5) is 11.4. The van der Waals surface area contributed by atoms with Crippen LogP contribution in [0.3, 0.4) is 0 Å². The molecule has 0 saturated heterocycles. The molecule has 0 radical (unpaired) electrons. The Balaban J connectivity index is 2.69. The summed E-state index contributed by atoms with van der Waals surface area (Å²) in [6.45, 7) is 1.71. The molecule has 1 rings (SSSR count). The minimum absolute atomic E-state index is 0.226. The summed E-state index contributed by atoms with van der Waals surface area (Å²) in [5.74, 6) is -0.268. The van der Waals surface area contributed by atoms with E-state index in [1.54, 1.807) is 0 Å². The monoisotopic (exact) mass is 289 g/mol.